The van der Waals surface area contributed by atoms with E-state index < -0.39 is 0 Å². The molecule has 3 rings (SSSR count). The van der Waals surface area contributed by atoms with Gasteiger partial charge in [0.25, 0.3) is 0 Å². The van der Waals surface area contributed by atoms with Gasteiger partial charge >= 0.3 is 0 Å². The molecular formula is C18H18ClFN4. The molecule has 3 aromatic rings. The van der Waals surface area contributed by atoms with E-state index in [1.54, 1.807) is 23.0 Å². The lowest BCUT2D eigenvalue weighted by Crippen LogP contribution is -2.22. The van der Waals surface area contributed by atoms with Crippen molar-refractivity contribution in [1.82, 2.24) is 14.8 Å². The summed E-state index contributed by atoms with van der Waals surface area (Å²) in [6, 6.07) is 10.3. The maximum atomic E-state index is 13.1. The molecule has 2 aromatic heterocycles. The van der Waals surface area contributed by atoms with Gasteiger partial charge in [0.15, 0.2) is 0 Å². The van der Waals surface area contributed by atoms with E-state index in [1.165, 1.54) is 12.1 Å². The second-order valence-corrected chi connectivity index (χ2v) is 6.17. The van der Waals surface area contributed by atoms with Crippen LogP contribution < -0.4 is 4.90 Å². The Kier molecular flexibility index (Phi) is 4.53. The maximum absolute atomic E-state index is 13.1. The third-order valence-electron chi connectivity index (χ3n) is 4.11. The van der Waals surface area contributed by atoms with E-state index in [0.717, 1.165) is 22.5 Å². The highest BCUT2D eigenvalue weighted by atomic mass is 35.5. The molecule has 0 bridgehead atoms. The van der Waals surface area contributed by atoms with Crippen LogP contribution in [-0.4, -0.2) is 21.8 Å². The Balaban J connectivity index is 1.93. The Labute approximate surface area is 145 Å². The summed E-state index contributed by atoms with van der Waals surface area (Å²) in [5.41, 5.74) is 2.94. The molecule has 24 heavy (non-hydrogen) atoms. The first kappa shape index (κ1) is 16.5. The van der Waals surface area contributed by atoms with Crippen LogP contribution in [0.25, 0.3) is 11.1 Å². The molecule has 2 heterocycles. The van der Waals surface area contributed by atoms with E-state index in [1.807, 2.05) is 44.2 Å². The molecule has 0 amide bonds. The van der Waals surface area contributed by atoms with Gasteiger partial charge in [0.05, 0.1) is 12.2 Å². The zero-order valence-electron chi connectivity index (χ0n) is 13.7. The van der Waals surface area contributed by atoms with Gasteiger partial charge in [0, 0.05) is 25.9 Å². The SMILES string of the molecule is C[C@@H](c1ccc(F)cc1)N(C)c1cc(-c2cnn(C)c2)cc(Cl)n1. The van der Waals surface area contributed by atoms with Crippen molar-refractivity contribution in [3.63, 3.8) is 0 Å². The first-order valence-corrected chi connectivity index (χ1v) is 7.97. The van der Waals surface area contributed by atoms with Crippen molar-refractivity contribution in [2.75, 3.05) is 11.9 Å². The lowest BCUT2D eigenvalue weighted by molar-refractivity contribution is 0.625. The molecule has 0 N–H and O–H groups in total. The summed E-state index contributed by atoms with van der Waals surface area (Å²) in [6.45, 7) is 2.04. The van der Waals surface area contributed by atoms with Gasteiger partial charge in [-0.25, -0.2) is 9.37 Å². The summed E-state index contributed by atoms with van der Waals surface area (Å²) in [7, 11) is 3.82. The highest BCUT2D eigenvalue weighted by molar-refractivity contribution is 6.29. The van der Waals surface area contributed by atoms with Gasteiger partial charge in [-0.1, -0.05) is 23.7 Å². The van der Waals surface area contributed by atoms with Crippen molar-refractivity contribution < 1.29 is 4.39 Å². The summed E-state index contributed by atoms with van der Waals surface area (Å²) in [4.78, 5) is 6.43. The van der Waals surface area contributed by atoms with Crippen molar-refractivity contribution in [1.29, 1.82) is 0 Å². The number of aromatic nitrogens is 3. The molecule has 0 saturated carbocycles. The normalized spacial score (nSPS) is 12.2. The Hall–Kier alpha value is -2.40. The van der Waals surface area contributed by atoms with E-state index in [2.05, 4.69) is 10.1 Å². The van der Waals surface area contributed by atoms with Crippen LogP contribution in [0.3, 0.4) is 0 Å². The number of hydrogen-bond donors (Lipinski definition) is 0. The largest absolute Gasteiger partial charge is 0.353 e. The van der Waals surface area contributed by atoms with Crippen LogP contribution in [0.2, 0.25) is 5.15 Å². The van der Waals surface area contributed by atoms with Crippen LogP contribution in [0.4, 0.5) is 10.2 Å². The Bertz CT molecular complexity index is 844. The van der Waals surface area contributed by atoms with Gasteiger partial charge in [-0.2, -0.15) is 5.10 Å². The summed E-state index contributed by atoms with van der Waals surface area (Å²) in [5.74, 6) is 0.506. The van der Waals surface area contributed by atoms with Gasteiger partial charge < -0.3 is 4.90 Å². The van der Waals surface area contributed by atoms with Crippen molar-refractivity contribution in [2.45, 2.75) is 13.0 Å². The molecule has 0 fully saturated rings. The molecule has 1 atom stereocenters. The standard InChI is InChI=1S/C18H18ClFN4/c1-12(13-4-6-16(20)7-5-13)24(3)18-9-14(8-17(19)22-18)15-10-21-23(2)11-15/h4-12H,1-3H3/t12-/m0/s1. The van der Waals surface area contributed by atoms with Crippen LogP contribution >= 0.6 is 11.6 Å². The van der Waals surface area contributed by atoms with Crippen molar-refractivity contribution in [2.24, 2.45) is 7.05 Å². The average Bonchev–Trinajstić information content (AvgIpc) is 3.00. The second-order valence-electron chi connectivity index (χ2n) is 5.78. The first-order chi connectivity index (χ1) is 11.4. The van der Waals surface area contributed by atoms with Gasteiger partial charge in [0.1, 0.15) is 16.8 Å². The highest BCUT2D eigenvalue weighted by Crippen LogP contribution is 2.30. The number of rotatable bonds is 4. The quantitative estimate of drug-likeness (QED) is 0.655. The lowest BCUT2D eigenvalue weighted by atomic mass is 10.1. The minimum atomic E-state index is -0.242. The van der Waals surface area contributed by atoms with Crippen LogP contribution in [0.5, 0.6) is 0 Å². The maximum Gasteiger partial charge on any atom is 0.132 e. The van der Waals surface area contributed by atoms with Crippen molar-refractivity contribution in [3.8, 4) is 11.1 Å². The van der Waals surface area contributed by atoms with Crippen molar-refractivity contribution >= 4 is 17.4 Å². The smallest absolute Gasteiger partial charge is 0.132 e. The van der Waals surface area contributed by atoms with Gasteiger partial charge in [-0.3, -0.25) is 4.68 Å². The number of benzene rings is 1. The molecule has 0 aliphatic rings. The average molecular weight is 345 g/mol. The number of hydrogen-bond acceptors (Lipinski definition) is 3. The summed E-state index contributed by atoms with van der Waals surface area (Å²) >= 11 is 6.21. The van der Waals surface area contributed by atoms with Crippen LogP contribution in [-0.2, 0) is 7.05 Å². The lowest BCUT2D eigenvalue weighted by Gasteiger charge is -2.27. The predicted molar refractivity (Wildman–Crippen MR) is 94.7 cm³/mol. The van der Waals surface area contributed by atoms with E-state index >= 15 is 0 Å². The topological polar surface area (TPSA) is 34.0 Å². The van der Waals surface area contributed by atoms with Gasteiger partial charge in [0.2, 0.25) is 0 Å². The van der Waals surface area contributed by atoms with Crippen molar-refractivity contribution in [3.05, 3.63) is 65.3 Å². The second kappa shape index (κ2) is 6.61. The van der Waals surface area contributed by atoms with Crippen LogP contribution in [0, 0.1) is 5.82 Å². The molecular weight excluding hydrogens is 327 g/mol. The van der Waals surface area contributed by atoms with Gasteiger partial charge in [-0.15, -0.1) is 0 Å². The van der Waals surface area contributed by atoms with E-state index in [0.29, 0.717) is 5.15 Å². The fraction of sp³-hybridized carbons (Fsp3) is 0.222. The zero-order valence-corrected chi connectivity index (χ0v) is 14.5. The minimum absolute atomic E-state index is 0.0262. The van der Waals surface area contributed by atoms with E-state index in [-0.39, 0.29) is 11.9 Å². The number of halogens is 2. The molecule has 0 saturated heterocycles. The Morgan fingerprint density at radius 3 is 2.50 bits per heavy atom. The fourth-order valence-corrected chi connectivity index (χ4v) is 2.77. The molecule has 6 heteroatoms. The van der Waals surface area contributed by atoms with Crippen LogP contribution in [0.15, 0.2) is 48.8 Å². The molecule has 0 spiro atoms. The van der Waals surface area contributed by atoms with Crippen LogP contribution in [0.1, 0.15) is 18.5 Å². The summed E-state index contributed by atoms with van der Waals surface area (Å²) in [5, 5.41) is 4.61. The Morgan fingerprint density at radius 1 is 1.17 bits per heavy atom. The molecule has 0 radical (unpaired) electrons. The Morgan fingerprint density at radius 2 is 1.88 bits per heavy atom. The number of anilines is 1. The number of nitrogens with zero attached hydrogens (tertiary/aromatic N) is 4. The molecule has 124 valence electrons. The molecule has 4 nitrogen and oxygen atoms in total. The monoisotopic (exact) mass is 344 g/mol. The minimum Gasteiger partial charge on any atom is -0.353 e. The van der Waals surface area contributed by atoms with E-state index in [9.17, 15) is 4.39 Å². The number of pyridine rings is 1. The highest BCUT2D eigenvalue weighted by Gasteiger charge is 2.15. The summed E-state index contributed by atoms with van der Waals surface area (Å²) in [6.07, 6.45) is 3.72. The van der Waals surface area contributed by atoms with Gasteiger partial charge in [-0.05, 0) is 42.3 Å². The molecule has 0 aliphatic carbocycles. The number of aryl methyl sites for hydroxylation is 1. The predicted octanol–water partition coefficient (Wildman–Crippen LogP) is 4.47. The first-order valence-electron chi connectivity index (χ1n) is 7.59. The molecule has 0 unspecified atom stereocenters. The zero-order chi connectivity index (χ0) is 17.3. The fourth-order valence-electron chi connectivity index (χ4n) is 2.56. The summed E-state index contributed by atoms with van der Waals surface area (Å²) < 4.78 is 14.9. The molecule has 1 aromatic carbocycles. The third-order valence-corrected chi connectivity index (χ3v) is 4.31. The molecule has 0 aliphatic heterocycles. The third kappa shape index (κ3) is 3.41. The van der Waals surface area contributed by atoms with E-state index in [4.69, 9.17) is 11.6 Å².